The summed E-state index contributed by atoms with van der Waals surface area (Å²) in [5, 5.41) is 5.28. The number of rotatable bonds is 7. The van der Waals surface area contributed by atoms with Crippen LogP contribution >= 0.6 is 23.2 Å². The predicted molar refractivity (Wildman–Crippen MR) is 110 cm³/mol. The summed E-state index contributed by atoms with van der Waals surface area (Å²) in [6.07, 6.45) is -4.63. The van der Waals surface area contributed by atoms with Gasteiger partial charge in [-0.2, -0.15) is 13.2 Å². The van der Waals surface area contributed by atoms with Gasteiger partial charge in [-0.3, -0.25) is 9.59 Å². The number of carbonyl (C=O) groups excluding carboxylic acids is 2. The number of halogens is 5. The van der Waals surface area contributed by atoms with Crippen LogP contribution in [0.5, 0.6) is 0 Å². The first-order chi connectivity index (χ1) is 14.0. The summed E-state index contributed by atoms with van der Waals surface area (Å²) in [7, 11) is 1.63. The van der Waals surface area contributed by atoms with Crippen LogP contribution < -0.4 is 15.5 Å². The van der Waals surface area contributed by atoms with Crippen LogP contribution in [0.2, 0.25) is 10.0 Å². The maximum absolute atomic E-state index is 12.9. The Bertz CT molecular complexity index is 922. The Morgan fingerprint density at radius 2 is 1.67 bits per heavy atom. The number of hydrogen-bond donors (Lipinski definition) is 3. The molecule has 0 fully saturated rings. The molecule has 0 aliphatic heterocycles. The number of nitrogens with one attached hydrogen (secondary N) is 3. The number of hydrogen-bond acceptors (Lipinski definition) is 2. The number of carbonyl (C=O) groups is 2. The van der Waals surface area contributed by atoms with Crippen molar-refractivity contribution in [2.24, 2.45) is 0 Å². The van der Waals surface area contributed by atoms with Crippen molar-refractivity contribution in [2.75, 3.05) is 25.5 Å². The third kappa shape index (κ3) is 6.90. The second kappa shape index (κ2) is 10.1. The highest BCUT2D eigenvalue weighted by molar-refractivity contribution is 6.31. The third-order valence-corrected chi connectivity index (χ3v) is 4.90. The van der Waals surface area contributed by atoms with E-state index in [1.807, 2.05) is 6.07 Å². The molecule has 2 atom stereocenters. The lowest BCUT2D eigenvalue weighted by atomic mass is 10.1. The van der Waals surface area contributed by atoms with Gasteiger partial charge in [0.2, 0.25) is 0 Å². The molecule has 2 aromatic carbocycles. The molecule has 0 spiro atoms. The first-order valence-electron chi connectivity index (χ1n) is 8.99. The van der Waals surface area contributed by atoms with Crippen LogP contribution in [0.4, 0.5) is 18.9 Å². The Balaban J connectivity index is 1.89. The zero-order valence-corrected chi connectivity index (χ0v) is 17.8. The molecule has 0 saturated carbocycles. The van der Waals surface area contributed by atoms with Crippen LogP contribution in [0, 0.1) is 0 Å². The smallest absolute Gasteiger partial charge is 0.345 e. The number of quaternary nitrogens is 1. The van der Waals surface area contributed by atoms with E-state index < -0.39 is 22.7 Å². The minimum Gasteiger partial charge on any atom is -0.345 e. The number of anilines is 1. The van der Waals surface area contributed by atoms with Crippen LogP contribution in [0.1, 0.15) is 24.1 Å². The summed E-state index contributed by atoms with van der Waals surface area (Å²) in [6, 6.07) is 9.93. The van der Waals surface area contributed by atoms with E-state index in [1.54, 1.807) is 32.2 Å². The Hall–Kier alpha value is -2.29. The fourth-order valence-corrected chi connectivity index (χ4v) is 3.36. The van der Waals surface area contributed by atoms with Gasteiger partial charge in [0.15, 0.2) is 13.1 Å². The molecule has 2 aromatic rings. The van der Waals surface area contributed by atoms with Gasteiger partial charge in [0.25, 0.3) is 11.8 Å². The Morgan fingerprint density at radius 3 is 2.30 bits per heavy atom. The first kappa shape index (κ1) is 24.0. The topological polar surface area (TPSA) is 62.6 Å². The van der Waals surface area contributed by atoms with E-state index in [-0.39, 0.29) is 30.7 Å². The Labute approximate surface area is 182 Å². The molecule has 3 N–H and O–H groups in total. The van der Waals surface area contributed by atoms with Crippen LogP contribution in [0.3, 0.4) is 0 Å². The average Bonchev–Trinajstić information content (AvgIpc) is 2.62. The lowest BCUT2D eigenvalue weighted by Crippen LogP contribution is -3.11. The van der Waals surface area contributed by atoms with Gasteiger partial charge in [0.05, 0.1) is 23.7 Å². The molecule has 0 aliphatic rings. The Kier molecular flexibility index (Phi) is 8.11. The SMILES string of the molecule is CC(NC(=O)C[NH+](C)CC(=O)Nc1ccc(Cl)c(C(F)(F)F)c1)c1ccccc1Cl. The van der Waals surface area contributed by atoms with E-state index in [0.29, 0.717) is 9.92 Å². The molecule has 30 heavy (non-hydrogen) atoms. The Morgan fingerprint density at radius 1 is 1.03 bits per heavy atom. The molecule has 0 aromatic heterocycles. The van der Waals surface area contributed by atoms with Crippen molar-refractivity contribution in [3.8, 4) is 0 Å². The van der Waals surface area contributed by atoms with Crippen molar-refractivity contribution in [3.63, 3.8) is 0 Å². The number of alkyl halides is 3. The summed E-state index contributed by atoms with van der Waals surface area (Å²) >= 11 is 11.7. The monoisotopic (exact) mass is 462 g/mol. The van der Waals surface area contributed by atoms with Crippen molar-refractivity contribution >= 4 is 40.7 Å². The standard InChI is InChI=1S/C20H20Cl2F3N3O2/c1-12(14-5-3-4-6-16(14)21)26-18(29)10-28(2)11-19(30)27-13-7-8-17(22)15(9-13)20(23,24)25/h3-9,12H,10-11H2,1-2H3,(H,26,29)(H,27,30)/p+1. The van der Waals surface area contributed by atoms with Gasteiger partial charge in [-0.15, -0.1) is 0 Å². The summed E-state index contributed by atoms with van der Waals surface area (Å²) in [4.78, 5) is 24.9. The van der Waals surface area contributed by atoms with Gasteiger partial charge >= 0.3 is 6.18 Å². The second-order valence-electron chi connectivity index (χ2n) is 6.86. The quantitative estimate of drug-likeness (QED) is 0.590. The zero-order valence-electron chi connectivity index (χ0n) is 16.2. The van der Waals surface area contributed by atoms with E-state index in [1.165, 1.54) is 6.07 Å². The fourth-order valence-electron chi connectivity index (χ4n) is 2.83. The second-order valence-corrected chi connectivity index (χ2v) is 7.68. The first-order valence-corrected chi connectivity index (χ1v) is 9.74. The highest BCUT2D eigenvalue weighted by atomic mass is 35.5. The highest BCUT2D eigenvalue weighted by Gasteiger charge is 2.33. The lowest BCUT2D eigenvalue weighted by molar-refractivity contribution is -0.862. The molecule has 0 aliphatic carbocycles. The molecule has 5 nitrogen and oxygen atoms in total. The molecule has 0 bridgehead atoms. The molecular weight excluding hydrogens is 442 g/mol. The lowest BCUT2D eigenvalue weighted by Gasteiger charge is -2.18. The number of benzene rings is 2. The van der Waals surface area contributed by atoms with Crippen molar-refractivity contribution < 1.29 is 27.7 Å². The van der Waals surface area contributed by atoms with Crippen molar-refractivity contribution in [1.82, 2.24) is 5.32 Å². The molecule has 0 radical (unpaired) electrons. The van der Waals surface area contributed by atoms with Crippen LogP contribution in [-0.2, 0) is 15.8 Å². The van der Waals surface area contributed by atoms with Crippen LogP contribution in [-0.4, -0.2) is 32.0 Å². The molecule has 162 valence electrons. The van der Waals surface area contributed by atoms with Gasteiger partial charge in [0.1, 0.15) is 0 Å². The van der Waals surface area contributed by atoms with E-state index in [4.69, 9.17) is 23.2 Å². The normalized spacial score (nSPS) is 13.4. The van der Waals surface area contributed by atoms with E-state index in [2.05, 4.69) is 10.6 Å². The van der Waals surface area contributed by atoms with Gasteiger partial charge in [-0.05, 0) is 36.8 Å². The number of likely N-dealkylation sites (N-methyl/N-ethyl adjacent to an activating group) is 1. The maximum atomic E-state index is 12.9. The summed E-state index contributed by atoms with van der Waals surface area (Å²) in [5.41, 5.74) is -0.289. The summed E-state index contributed by atoms with van der Waals surface area (Å²) in [6.45, 7) is 1.68. The van der Waals surface area contributed by atoms with Gasteiger partial charge in [-0.1, -0.05) is 41.4 Å². The molecule has 2 unspecified atom stereocenters. The third-order valence-electron chi connectivity index (χ3n) is 4.23. The van der Waals surface area contributed by atoms with Gasteiger partial charge < -0.3 is 15.5 Å². The highest BCUT2D eigenvalue weighted by Crippen LogP contribution is 2.36. The fraction of sp³-hybridized carbons (Fsp3) is 0.300. The number of amides is 2. The summed E-state index contributed by atoms with van der Waals surface area (Å²) in [5.74, 6) is -0.825. The van der Waals surface area contributed by atoms with Crippen molar-refractivity contribution in [1.29, 1.82) is 0 Å². The largest absolute Gasteiger partial charge is 0.417 e. The summed E-state index contributed by atoms with van der Waals surface area (Å²) < 4.78 is 38.8. The molecule has 10 heteroatoms. The zero-order chi connectivity index (χ0) is 22.5. The van der Waals surface area contributed by atoms with E-state index in [9.17, 15) is 22.8 Å². The molecule has 2 amide bonds. The molecule has 2 rings (SSSR count). The van der Waals surface area contributed by atoms with Crippen molar-refractivity contribution in [2.45, 2.75) is 19.1 Å². The van der Waals surface area contributed by atoms with Gasteiger partial charge in [-0.25, -0.2) is 0 Å². The molecule has 0 heterocycles. The van der Waals surface area contributed by atoms with Crippen molar-refractivity contribution in [3.05, 3.63) is 63.6 Å². The van der Waals surface area contributed by atoms with E-state index in [0.717, 1.165) is 17.7 Å². The average molecular weight is 463 g/mol. The van der Waals surface area contributed by atoms with Crippen LogP contribution in [0.25, 0.3) is 0 Å². The predicted octanol–water partition coefficient (Wildman–Crippen LogP) is 3.34. The minimum atomic E-state index is -4.63. The molecule has 0 saturated heterocycles. The maximum Gasteiger partial charge on any atom is 0.417 e. The van der Waals surface area contributed by atoms with Gasteiger partial charge in [0, 0.05) is 10.7 Å². The van der Waals surface area contributed by atoms with E-state index >= 15 is 0 Å². The molecular formula is C20H21Cl2F3N3O2+. The minimum absolute atomic E-state index is 0.00334. The van der Waals surface area contributed by atoms with Crippen LogP contribution in [0.15, 0.2) is 42.5 Å².